The number of nitro benzene ring substituents is 4. The lowest BCUT2D eigenvalue weighted by Gasteiger charge is -2.05. The van der Waals surface area contributed by atoms with Crippen LogP contribution in [0.5, 0.6) is 0 Å². The monoisotopic (exact) mass is 742 g/mol. The van der Waals surface area contributed by atoms with E-state index in [0.29, 0.717) is 5.56 Å². The first-order valence-electron chi connectivity index (χ1n) is 14.4. The van der Waals surface area contributed by atoms with Crippen LogP contribution in [-0.2, 0) is 0 Å². The van der Waals surface area contributed by atoms with Crippen LogP contribution >= 0.6 is 47.0 Å². The number of hydrogen-bond donors (Lipinski definition) is 0. The molecule has 1 aliphatic carbocycles. The fraction of sp³-hybridized carbons (Fsp3) is 0.0588. The zero-order valence-electron chi connectivity index (χ0n) is 25.9. The first kappa shape index (κ1) is 34.7. The molecule has 4 aromatic rings. The van der Waals surface area contributed by atoms with E-state index < -0.39 is 42.4 Å². The molecule has 50 heavy (non-hydrogen) atoms. The summed E-state index contributed by atoms with van der Waals surface area (Å²) in [5.41, 5.74) is 0.561. The van der Waals surface area contributed by atoms with E-state index in [-0.39, 0.29) is 27.8 Å². The number of thioether (sulfide) groups is 4. The number of hydrogen-bond acceptors (Lipinski definition) is 12. The van der Waals surface area contributed by atoms with Crippen LogP contribution in [0.4, 0.5) is 22.7 Å². The highest BCUT2D eigenvalue weighted by atomic mass is 32.3. The third kappa shape index (κ3) is 6.96. The smallest absolute Gasteiger partial charge is 0.258 e. The summed E-state index contributed by atoms with van der Waals surface area (Å²) in [6, 6.07) is 18.9. The van der Waals surface area contributed by atoms with Crippen molar-refractivity contribution in [3.05, 3.63) is 159 Å². The molecule has 4 aromatic carbocycles. The summed E-state index contributed by atoms with van der Waals surface area (Å²) in [5.74, 6) is 0. The molecule has 0 spiro atoms. The summed E-state index contributed by atoms with van der Waals surface area (Å²) in [7, 11) is 0. The number of benzene rings is 4. The average Bonchev–Trinajstić information content (AvgIpc) is 3.65. The van der Waals surface area contributed by atoms with Gasteiger partial charge < -0.3 is 0 Å². The van der Waals surface area contributed by atoms with Gasteiger partial charge in [-0.1, -0.05) is 84.2 Å². The van der Waals surface area contributed by atoms with Gasteiger partial charge in [0.1, 0.15) is 0 Å². The van der Waals surface area contributed by atoms with Gasteiger partial charge in [0.15, 0.2) is 0 Å². The van der Waals surface area contributed by atoms with Gasteiger partial charge in [-0.05, 0) is 52.5 Å². The predicted octanol–water partition coefficient (Wildman–Crippen LogP) is 10.7. The van der Waals surface area contributed by atoms with Crippen molar-refractivity contribution in [2.45, 2.75) is 0 Å². The van der Waals surface area contributed by atoms with E-state index in [9.17, 15) is 40.5 Å². The molecule has 0 fully saturated rings. The largest absolute Gasteiger partial charge is 0.284 e. The Morgan fingerprint density at radius 1 is 0.540 bits per heavy atom. The fourth-order valence-corrected chi connectivity index (χ4v) is 10.4. The van der Waals surface area contributed by atoms with Crippen LogP contribution in [0.15, 0.2) is 85.5 Å². The fourth-order valence-electron chi connectivity index (χ4n) is 5.47. The van der Waals surface area contributed by atoms with Crippen molar-refractivity contribution in [3.8, 4) is 11.1 Å². The molecule has 0 amide bonds. The third-order valence-corrected chi connectivity index (χ3v) is 12.8. The van der Waals surface area contributed by atoms with E-state index in [1.54, 1.807) is 65.3 Å². The number of nitro groups is 4. The zero-order chi connectivity index (χ0) is 35.7. The summed E-state index contributed by atoms with van der Waals surface area (Å²) in [4.78, 5) is 44.2. The highest BCUT2D eigenvalue weighted by molar-refractivity contribution is 8.40. The van der Waals surface area contributed by atoms with Crippen LogP contribution in [0.3, 0.4) is 0 Å². The van der Waals surface area contributed by atoms with Crippen molar-refractivity contribution >= 4 is 99.7 Å². The molecule has 16 heteroatoms. The van der Waals surface area contributed by atoms with Crippen LogP contribution in [0.2, 0.25) is 0 Å². The summed E-state index contributed by atoms with van der Waals surface area (Å²) in [6.45, 7) is 0. The van der Waals surface area contributed by atoms with E-state index in [1.807, 2.05) is 36.4 Å². The molecular formula is C34H22N4O8S4. The number of nitrogens with zero attached hydrogens (tertiary/aromatic N) is 4. The molecule has 0 atom stereocenters. The van der Waals surface area contributed by atoms with E-state index >= 15 is 0 Å². The topological polar surface area (TPSA) is 173 Å². The van der Waals surface area contributed by atoms with Gasteiger partial charge in [-0.2, -0.15) is 0 Å². The van der Waals surface area contributed by atoms with Gasteiger partial charge in [0.2, 0.25) is 0 Å². The molecule has 6 rings (SSSR count). The summed E-state index contributed by atoms with van der Waals surface area (Å²) in [6.07, 6.45) is 11.8. The molecule has 0 bridgehead atoms. The van der Waals surface area contributed by atoms with Gasteiger partial charge in [-0.3, -0.25) is 40.5 Å². The van der Waals surface area contributed by atoms with Crippen molar-refractivity contribution in [1.29, 1.82) is 0 Å². The molecule has 1 aliphatic heterocycles. The minimum Gasteiger partial charge on any atom is -0.258 e. The predicted molar refractivity (Wildman–Crippen MR) is 204 cm³/mol. The van der Waals surface area contributed by atoms with Crippen molar-refractivity contribution < 1.29 is 19.7 Å². The molecule has 1 heterocycles. The molecule has 0 N–H and O–H groups in total. The van der Waals surface area contributed by atoms with Crippen molar-refractivity contribution in [3.63, 3.8) is 0 Å². The Morgan fingerprint density at radius 2 is 0.920 bits per heavy atom. The number of rotatable bonds is 10. The first-order valence-corrected chi connectivity index (χ1v) is 18.5. The lowest BCUT2D eigenvalue weighted by Crippen LogP contribution is -1.99. The quantitative estimate of drug-likeness (QED) is 0.0753. The Balaban J connectivity index is 1.32. The van der Waals surface area contributed by atoms with Gasteiger partial charge in [0.05, 0.1) is 55.7 Å². The molecule has 2 aliphatic rings. The second-order valence-electron chi connectivity index (χ2n) is 10.7. The molecule has 250 valence electrons. The lowest BCUT2D eigenvalue weighted by molar-refractivity contribution is -0.395. The maximum absolute atomic E-state index is 12.1. The summed E-state index contributed by atoms with van der Waals surface area (Å²) >= 11 is 7.07. The van der Waals surface area contributed by atoms with Crippen LogP contribution in [-0.4, -0.2) is 32.2 Å². The standard InChI is InChI=1S/C34H22N4O8S4/c1-47-33-34(48-2)50-30(49-33)14-22-11-7-20(8-12-22)4-3-19-5-9-21(10-6-19)13-25-26-15-23(35(39)40)17-28(37(43)44)31(26)32-27(25)16-24(36(41)42)18-29(32)38(45)46/h3-18H,1-2H3/b4-3+. The number of fused-ring (bicyclic) bond motifs is 3. The second-order valence-corrected chi connectivity index (χ2v) is 15.2. The van der Waals surface area contributed by atoms with Crippen LogP contribution in [0.25, 0.3) is 41.0 Å². The Morgan fingerprint density at radius 3 is 1.28 bits per heavy atom. The highest BCUT2D eigenvalue weighted by Gasteiger charge is 2.40. The third-order valence-electron chi connectivity index (χ3n) is 7.71. The SMILES string of the molecule is CSC1=C(SC)SC(=Cc2ccc(/C=C/c3ccc(C=C4c5cc([N+](=O)[O-])cc([N+](=O)[O-])c5-c5c4cc([N+](=O)[O-])cc5[N+](=O)[O-])cc3)cc2)S1. The van der Waals surface area contributed by atoms with Crippen LogP contribution < -0.4 is 0 Å². The maximum Gasteiger partial charge on any atom is 0.284 e. The van der Waals surface area contributed by atoms with Crippen molar-refractivity contribution in [2.24, 2.45) is 0 Å². The van der Waals surface area contributed by atoms with Gasteiger partial charge in [0.25, 0.3) is 22.7 Å². The Kier molecular flexibility index (Phi) is 9.97. The average molecular weight is 743 g/mol. The lowest BCUT2D eigenvalue weighted by atomic mass is 9.99. The normalized spacial score (nSPS) is 13.4. The van der Waals surface area contributed by atoms with E-state index in [4.69, 9.17) is 0 Å². The Hall–Kier alpha value is -5.16. The van der Waals surface area contributed by atoms with E-state index in [0.717, 1.165) is 41.0 Å². The van der Waals surface area contributed by atoms with Gasteiger partial charge in [-0.15, -0.1) is 23.5 Å². The zero-order valence-corrected chi connectivity index (χ0v) is 29.2. The molecular weight excluding hydrogens is 721 g/mol. The van der Waals surface area contributed by atoms with Crippen LogP contribution in [0, 0.1) is 40.5 Å². The number of non-ortho nitro benzene ring substituents is 2. The van der Waals surface area contributed by atoms with Gasteiger partial charge in [-0.25, -0.2) is 0 Å². The minimum atomic E-state index is -0.858. The maximum atomic E-state index is 12.1. The molecule has 12 nitrogen and oxygen atoms in total. The molecule has 0 radical (unpaired) electrons. The first-order chi connectivity index (χ1) is 24.0. The van der Waals surface area contributed by atoms with E-state index in [2.05, 4.69) is 30.7 Å². The van der Waals surface area contributed by atoms with Crippen molar-refractivity contribution in [2.75, 3.05) is 12.5 Å². The van der Waals surface area contributed by atoms with Crippen LogP contribution in [0.1, 0.15) is 33.4 Å². The summed E-state index contributed by atoms with van der Waals surface area (Å²) < 4.78 is 3.86. The molecule has 0 saturated carbocycles. The van der Waals surface area contributed by atoms with Crippen molar-refractivity contribution in [1.82, 2.24) is 0 Å². The van der Waals surface area contributed by atoms with E-state index in [1.165, 1.54) is 12.7 Å². The second kappa shape index (κ2) is 14.4. The molecule has 0 unspecified atom stereocenters. The highest BCUT2D eigenvalue weighted by Crippen LogP contribution is 2.57. The summed E-state index contributed by atoms with van der Waals surface area (Å²) in [5, 5.41) is 47.6. The van der Waals surface area contributed by atoms with Gasteiger partial charge >= 0.3 is 0 Å². The Bertz CT molecular complexity index is 2150. The minimum absolute atomic E-state index is 0.0108. The molecule has 0 aromatic heterocycles. The van der Waals surface area contributed by atoms with Gasteiger partial charge in [0, 0.05) is 23.3 Å². The Labute approximate surface area is 301 Å². The molecule has 0 saturated heterocycles.